The summed E-state index contributed by atoms with van der Waals surface area (Å²) in [5.41, 5.74) is 0.742. The summed E-state index contributed by atoms with van der Waals surface area (Å²) in [5, 5.41) is 9.39. The molecule has 1 fully saturated rings. The third-order valence-electron chi connectivity index (χ3n) is 4.40. The van der Waals surface area contributed by atoms with E-state index in [-0.39, 0.29) is 18.0 Å². The number of carboxylic acids is 1. The first-order valence-electron chi connectivity index (χ1n) is 7.04. The van der Waals surface area contributed by atoms with E-state index in [2.05, 4.69) is 0 Å². The van der Waals surface area contributed by atoms with Crippen LogP contribution in [0.1, 0.15) is 30.9 Å². The second-order valence-corrected chi connectivity index (χ2v) is 7.70. The molecule has 1 heterocycles. The van der Waals surface area contributed by atoms with Crippen molar-refractivity contribution < 1.29 is 18.3 Å². The molecule has 0 saturated carbocycles. The Hall–Kier alpha value is -1.40. The Bertz CT molecular complexity index is 668. The zero-order valence-electron chi connectivity index (χ0n) is 12.6. The highest BCUT2D eigenvalue weighted by molar-refractivity contribution is 7.89. The summed E-state index contributed by atoms with van der Waals surface area (Å²) in [6.45, 7) is 5.78. The number of aliphatic carboxylic acids is 1. The Kier molecular flexibility index (Phi) is 4.13. The molecule has 1 aliphatic heterocycles. The maximum atomic E-state index is 12.7. The van der Waals surface area contributed by atoms with Crippen molar-refractivity contribution in [2.75, 3.05) is 13.1 Å². The van der Waals surface area contributed by atoms with E-state index in [0.29, 0.717) is 18.4 Å². The van der Waals surface area contributed by atoms with Gasteiger partial charge in [0.1, 0.15) is 0 Å². The van der Waals surface area contributed by atoms with Crippen molar-refractivity contribution in [1.82, 2.24) is 4.31 Å². The number of hydrogen-bond acceptors (Lipinski definition) is 3. The Morgan fingerprint density at radius 3 is 2.52 bits per heavy atom. The van der Waals surface area contributed by atoms with E-state index in [4.69, 9.17) is 0 Å². The van der Waals surface area contributed by atoms with Crippen LogP contribution in [0.5, 0.6) is 0 Å². The van der Waals surface area contributed by atoms with Crippen LogP contribution in [0.15, 0.2) is 23.1 Å². The van der Waals surface area contributed by atoms with Gasteiger partial charge in [0.15, 0.2) is 0 Å². The van der Waals surface area contributed by atoms with Gasteiger partial charge in [0.05, 0.1) is 10.3 Å². The molecule has 1 aromatic rings. The van der Waals surface area contributed by atoms with E-state index in [0.717, 1.165) is 5.56 Å². The van der Waals surface area contributed by atoms with Gasteiger partial charge >= 0.3 is 5.97 Å². The van der Waals surface area contributed by atoms with E-state index >= 15 is 0 Å². The molecule has 0 aliphatic carbocycles. The summed E-state index contributed by atoms with van der Waals surface area (Å²) >= 11 is 0. The summed E-state index contributed by atoms with van der Waals surface area (Å²) in [5.74, 6) is -0.914. The van der Waals surface area contributed by atoms with E-state index in [1.807, 2.05) is 13.0 Å². The largest absolute Gasteiger partial charge is 0.481 e. The van der Waals surface area contributed by atoms with Crippen LogP contribution in [-0.2, 0) is 14.8 Å². The lowest BCUT2D eigenvalue weighted by Crippen LogP contribution is -2.36. The number of sulfonamides is 1. The van der Waals surface area contributed by atoms with E-state index in [9.17, 15) is 18.3 Å². The highest BCUT2D eigenvalue weighted by atomic mass is 32.2. The first-order chi connectivity index (χ1) is 9.73. The number of nitrogens with zero attached hydrogens (tertiary/aromatic N) is 1. The van der Waals surface area contributed by atoms with E-state index in [1.165, 1.54) is 4.31 Å². The van der Waals surface area contributed by atoms with Crippen molar-refractivity contribution in [3.05, 3.63) is 29.3 Å². The molecule has 0 radical (unpaired) electrons. The van der Waals surface area contributed by atoms with E-state index in [1.54, 1.807) is 26.0 Å². The lowest BCUT2D eigenvalue weighted by molar-refractivity contribution is -0.148. The number of benzene rings is 1. The normalized spacial score (nSPS) is 23.4. The van der Waals surface area contributed by atoms with Gasteiger partial charge in [-0.05, 0) is 38.3 Å². The number of rotatable bonds is 4. The van der Waals surface area contributed by atoms with Gasteiger partial charge in [-0.2, -0.15) is 4.31 Å². The van der Waals surface area contributed by atoms with Crippen LogP contribution < -0.4 is 0 Å². The smallest absolute Gasteiger partial charge is 0.311 e. The molecule has 116 valence electrons. The molecular weight excluding hydrogens is 290 g/mol. The van der Waals surface area contributed by atoms with E-state index < -0.39 is 21.4 Å². The summed E-state index contributed by atoms with van der Waals surface area (Å²) in [4.78, 5) is 11.7. The molecular formula is C15H21NO4S. The van der Waals surface area contributed by atoms with Gasteiger partial charge in [0.25, 0.3) is 0 Å². The average molecular weight is 311 g/mol. The highest BCUT2D eigenvalue weighted by Crippen LogP contribution is 2.37. The van der Waals surface area contributed by atoms with Crippen molar-refractivity contribution >= 4 is 16.0 Å². The second kappa shape index (κ2) is 5.42. The average Bonchev–Trinajstić information content (AvgIpc) is 2.84. The molecule has 0 aromatic heterocycles. The third-order valence-corrected chi connectivity index (χ3v) is 6.40. The predicted octanol–water partition coefficient (Wildman–Crippen LogP) is 2.18. The molecule has 0 amide bonds. The summed E-state index contributed by atoms with van der Waals surface area (Å²) in [6.07, 6.45) is 0.796. The number of carboxylic acid groups (broad SMARTS) is 1. The Morgan fingerprint density at radius 2 is 2.05 bits per heavy atom. The molecule has 1 saturated heterocycles. The summed E-state index contributed by atoms with van der Waals surface area (Å²) < 4.78 is 26.8. The fourth-order valence-corrected chi connectivity index (χ4v) is 4.61. The van der Waals surface area contributed by atoms with Gasteiger partial charge in [-0.1, -0.05) is 24.6 Å². The fraction of sp³-hybridized carbons (Fsp3) is 0.533. The number of carbonyl (C=O) groups is 1. The minimum absolute atomic E-state index is 0.0501. The predicted molar refractivity (Wildman–Crippen MR) is 79.7 cm³/mol. The minimum Gasteiger partial charge on any atom is -0.481 e. The van der Waals surface area contributed by atoms with Gasteiger partial charge in [-0.25, -0.2) is 8.42 Å². The van der Waals surface area contributed by atoms with Crippen LogP contribution in [0.25, 0.3) is 0 Å². The van der Waals surface area contributed by atoms with Crippen LogP contribution in [0.4, 0.5) is 0 Å². The Balaban J connectivity index is 2.36. The van der Waals surface area contributed by atoms with Crippen LogP contribution >= 0.6 is 0 Å². The second-order valence-electron chi connectivity index (χ2n) is 5.80. The molecule has 1 N–H and O–H groups in total. The van der Waals surface area contributed by atoms with Gasteiger partial charge in [0.2, 0.25) is 10.0 Å². The molecule has 0 spiro atoms. The topological polar surface area (TPSA) is 74.7 Å². The van der Waals surface area contributed by atoms with Crippen molar-refractivity contribution in [3.63, 3.8) is 0 Å². The molecule has 1 aromatic carbocycles. The Morgan fingerprint density at radius 1 is 1.38 bits per heavy atom. The Labute approximate surface area is 125 Å². The molecule has 0 bridgehead atoms. The zero-order valence-corrected chi connectivity index (χ0v) is 13.4. The van der Waals surface area contributed by atoms with Crippen LogP contribution in [0, 0.1) is 19.3 Å². The monoisotopic (exact) mass is 311 g/mol. The molecule has 21 heavy (non-hydrogen) atoms. The molecule has 2 rings (SSSR count). The number of aryl methyl sites for hydroxylation is 2. The molecule has 1 atom stereocenters. The lowest BCUT2D eigenvalue weighted by Gasteiger charge is -2.23. The third kappa shape index (κ3) is 2.70. The summed E-state index contributed by atoms with van der Waals surface area (Å²) in [7, 11) is -3.63. The highest BCUT2D eigenvalue weighted by Gasteiger charge is 2.47. The van der Waals surface area contributed by atoms with Crippen molar-refractivity contribution in [1.29, 1.82) is 0 Å². The SMILES string of the molecule is CCC1(C(=O)O)CCN(S(=O)(=O)c2ccc(C)cc2C)C1. The van der Waals surface area contributed by atoms with Crippen LogP contribution in [0.2, 0.25) is 0 Å². The standard InChI is InChI=1S/C15H21NO4S/c1-4-15(14(17)18)7-8-16(10-15)21(19,20)13-6-5-11(2)9-12(13)3/h5-6,9H,4,7-8,10H2,1-3H3,(H,17,18). The van der Waals surface area contributed by atoms with Gasteiger partial charge in [-0.3, -0.25) is 4.79 Å². The van der Waals surface area contributed by atoms with Crippen molar-refractivity contribution in [3.8, 4) is 0 Å². The van der Waals surface area contributed by atoms with Gasteiger partial charge in [0, 0.05) is 13.1 Å². The van der Waals surface area contributed by atoms with Crippen molar-refractivity contribution in [2.45, 2.75) is 38.5 Å². The quantitative estimate of drug-likeness (QED) is 0.925. The van der Waals surface area contributed by atoms with Gasteiger partial charge in [-0.15, -0.1) is 0 Å². The van der Waals surface area contributed by atoms with Crippen LogP contribution in [0.3, 0.4) is 0 Å². The number of hydrogen-bond donors (Lipinski definition) is 1. The molecule has 1 unspecified atom stereocenters. The van der Waals surface area contributed by atoms with Crippen LogP contribution in [-0.4, -0.2) is 36.9 Å². The maximum absolute atomic E-state index is 12.7. The first-order valence-corrected chi connectivity index (χ1v) is 8.48. The summed E-state index contributed by atoms with van der Waals surface area (Å²) in [6, 6.07) is 5.19. The minimum atomic E-state index is -3.63. The molecule has 5 nitrogen and oxygen atoms in total. The van der Waals surface area contributed by atoms with Crippen molar-refractivity contribution in [2.24, 2.45) is 5.41 Å². The first kappa shape index (κ1) is 16.0. The van der Waals surface area contributed by atoms with Gasteiger partial charge < -0.3 is 5.11 Å². The molecule has 1 aliphatic rings. The zero-order chi connectivity index (χ0) is 15.8. The fourth-order valence-electron chi connectivity index (χ4n) is 2.88. The lowest BCUT2D eigenvalue weighted by atomic mass is 9.85. The maximum Gasteiger partial charge on any atom is 0.311 e. The molecule has 6 heteroatoms.